The molecule has 2 aliphatic heterocycles. The number of piperidine rings is 1. The normalized spacial score (nSPS) is 24.3. The summed E-state index contributed by atoms with van der Waals surface area (Å²) in [4.78, 5) is 28.1. The quantitative estimate of drug-likeness (QED) is 0.735. The standard InChI is InChI=1S/C21H35N5O3/c1-17-4-10-22-26(17)14-7-20(28)25-11-3-8-21(29,9-15-25)16-24-12-5-19(6-13-24)23-18(2)27/h4,10,19,29H,3,5-9,11-16H2,1-2H3,(H,23,27)/t21-/m1/s1. The minimum Gasteiger partial charge on any atom is -0.388 e. The number of β-amino-alcohol motifs (C(OH)–C–C–N with tert-alkyl or cyclic N) is 1. The Labute approximate surface area is 173 Å². The molecule has 2 fully saturated rings. The molecule has 0 spiro atoms. The van der Waals surface area contributed by atoms with Gasteiger partial charge in [-0.25, -0.2) is 0 Å². The predicted octanol–water partition coefficient (Wildman–Crippen LogP) is 0.926. The summed E-state index contributed by atoms with van der Waals surface area (Å²) < 4.78 is 1.86. The van der Waals surface area contributed by atoms with E-state index in [1.54, 1.807) is 13.1 Å². The van der Waals surface area contributed by atoms with Crippen LogP contribution < -0.4 is 5.32 Å². The second kappa shape index (κ2) is 9.71. The summed E-state index contributed by atoms with van der Waals surface area (Å²) in [6, 6.07) is 2.19. The summed E-state index contributed by atoms with van der Waals surface area (Å²) in [6.45, 7) is 7.89. The van der Waals surface area contributed by atoms with E-state index in [4.69, 9.17) is 0 Å². The topological polar surface area (TPSA) is 90.7 Å². The Bertz CT molecular complexity index is 698. The van der Waals surface area contributed by atoms with Crippen molar-refractivity contribution in [3.63, 3.8) is 0 Å². The number of aromatic nitrogens is 2. The van der Waals surface area contributed by atoms with Gasteiger partial charge in [-0.3, -0.25) is 14.3 Å². The van der Waals surface area contributed by atoms with Gasteiger partial charge in [0.1, 0.15) is 0 Å². The van der Waals surface area contributed by atoms with Gasteiger partial charge in [0, 0.05) is 70.5 Å². The maximum Gasteiger partial charge on any atom is 0.224 e. The number of carbonyl (C=O) groups is 2. The second-order valence-corrected chi connectivity index (χ2v) is 8.66. The molecule has 1 atom stereocenters. The summed E-state index contributed by atoms with van der Waals surface area (Å²) in [7, 11) is 0. The van der Waals surface area contributed by atoms with E-state index < -0.39 is 5.60 Å². The van der Waals surface area contributed by atoms with E-state index >= 15 is 0 Å². The van der Waals surface area contributed by atoms with Gasteiger partial charge in [0.2, 0.25) is 11.8 Å². The SMILES string of the molecule is CC(=O)NC1CCN(C[C@@]2(O)CCCN(C(=O)CCn3nccc3C)CC2)CC1. The number of hydrogen-bond donors (Lipinski definition) is 2. The number of nitrogens with one attached hydrogen (secondary N) is 1. The number of aryl methyl sites for hydroxylation is 2. The Morgan fingerprint density at radius 2 is 2.00 bits per heavy atom. The summed E-state index contributed by atoms with van der Waals surface area (Å²) in [6.07, 6.45) is 6.21. The summed E-state index contributed by atoms with van der Waals surface area (Å²) in [5.74, 6) is 0.165. The Hall–Kier alpha value is -1.93. The first kappa shape index (κ1) is 21.8. The van der Waals surface area contributed by atoms with Crippen LogP contribution in [0, 0.1) is 6.92 Å². The average Bonchev–Trinajstić information content (AvgIpc) is 2.98. The molecule has 0 bridgehead atoms. The zero-order valence-electron chi connectivity index (χ0n) is 17.8. The van der Waals surface area contributed by atoms with Crippen LogP contribution in [0.4, 0.5) is 0 Å². The van der Waals surface area contributed by atoms with Crippen molar-refractivity contribution in [3.8, 4) is 0 Å². The van der Waals surface area contributed by atoms with Crippen molar-refractivity contribution in [1.82, 2.24) is 24.9 Å². The maximum atomic E-state index is 12.6. The van der Waals surface area contributed by atoms with E-state index in [0.29, 0.717) is 39.0 Å². The van der Waals surface area contributed by atoms with E-state index in [1.165, 1.54) is 0 Å². The van der Waals surface area contributed by atoms with Crippen LogP contribution in [-0.2, 0) is 16.1 Å². The summed E-state index contributed by atoms with van der Waals surface area (Å²) in [5, 5.41) is 18.4. The van der Waals surface area contributed by atoms with Gasteiger partial charge in [-0.15, -0.1) is 0 Å². The van der Waals surface area contributed by atoms with Gasteiger partial charge in [-0.2, -0.15) is 5.10 Å². The first-order valence-corrected chi connectivity index (χ1v) is 10.8. The minimum atomic E-state index is -0.742. The monoisotopic (exact) mass is 405 g/mol. The van der Waals surface area contributed by atoms with Crippen LogP contribution in [0.2, 0.25) is 0 Å². The first-order chi connectivity index (χ1) is 13.8. The van der Waals surface area contributed by atoms with E-state index in [2.05, 4.69) is 15.3 Å². The van der Waals surface area contributed by atoms with Gasteiger partial charge < -0.3 is 20.2 Å². The molecule has 0 radical (unpaired) electrons. The fraction of sp³-hybridized carbons (Fsp3) is 0.762. The minimum absolute atomic E-state index is 0.0262. The van der Waals surface area contributed by atoms with E-state index in [1.807, 2.05) is 22.6 Å². The average molecular weight is 406 g/mol. The molecule has 2 aliphatic rings. The molecule has 8 heteroatoms. The van der Waals surface area contributed by atoms with Crippen molar-refractivity contribution >= 4 is 11.8 Å². The Kier molecular flexibility index (Phi) is 7.29. The van der Waals surface area contributed by atoms with Crippen molar-refractivity contribution in [2.24, 2.45) is 0 Å². The van der Waals surface area contributed by atoms with Crippen LogP contribution in [0.3, 0.4) is 0 Å². The molecule has 2 amide bonds. The van der Waals surface area contributed by atoms with Crippen LogP contribution in [-0.4, -0.2) is 80.9 Å². The molecule has 3 heterocycles. The molecular formula is C21H35N5O3. The van der Waals surface area contributed by atoms with E-state index in [-0.39, 0.29) is 17.9 Å². The summed E-state index contributed by atoms with van der Waals surface area (Å²) >= 11 is 0. The van der Waals surface area contributed by atoms with Gasteiger partial charge in [0.15, 0.2) is 0 Å². The zero-order chi connectivity index (χ0) is 20.9. The lowest BCUT2D eigenvalue weighted by atomic mass is 9.93. The third-order valence-electron chi connectivity index (χ3n) is 6.25. The number of amides is 2. The van der Waals surface area contributed by atoms with Crippen LogP contribution >= 0.6 is 0 Å². The molecule has 2 N–H and O–H groups in total. The molecule has 0 saturated carbocycles. The van der Waals surface area contributed by atoms with Gasteiger partial charge in [-0.1, -0.05) is 0 Å². The number of rotatable bonds is 6. The molecule has 0 unspecified atom stereocenters. The van der Waals surface area contributed by atoms with E-state index in [9.17, 15) is 14.7 Å². The van der Waals surface area contributed by atoms with Gasteiger partial charge in [-0.05, 0) is 45.1 Å². The van der Waals surface area contributed by atoms with Crippen molar-refractivity contribution < 1.29 is 14.7 Å². The van der Waals surface area contributed by atoms with E-state index in [0.717, 1.165) is 44.5 Å². The first-order valence-electron chi connectivity index (χ1n) is 10.8. The zero-order valence-corrected chi connectivity index (χ0v) is 17.8. The van der Waals surface area contributed by atoms with Crippen molar-refractivity contribution in [2.75, 3.05) is 32.7 Å². The lowest BCUT2D eigenvalue weighted by Gasteiger charge is -2.38. The second-order valence-electron chi connectivity index (χ2n) is 8.66. The summed E-state index contributed by atoms with van der Waals surface area (Å²) in [5.41, 5.74) is 0.319. The fourth-order valence-corrected chi connectivity index (χ4v) is 4.52. The Morgan fingerprint density at radius 1 is 1.24 bits per heavy atom. The molecule has 3 rings (SSSR count). The Morgan fingerprint density at radius 3 is 2.66 bits per heavy atom. The molecule has 0 aliphatic carbocycles. The third kappa shape index (κ3) is 6.27. The van der Waals surface area contributed by atoms with Crippen molar-refractivity contribution in [2.45, 2.75) is 70.6 Å². The lowest BCUT2D eigenvalue weighted by Crippen LogP contribution is -2.50. The fourth-order valence-electron chi connectivity index (χ4n) is 4.52. The third-order valence-corrected chi connectivity index (χ3v) is 6.25. The Balaban J connectivity index is 1.44. The molecule has 1 aromatic heterocycles. The molecular weight excluding hydrogens is 370 g/mol. The molecule has 29 heavy (non-hydrogen) atoms. The molecule has 0 aromatic carbocycles. The highest BCUT2D eigenvalue weighted by molar-refractivity contribution is 5.76. The largest absolute Gasteiger partial charge is 0.388 e. The number of aliphatic hydroxyl groups is 1. The molecule has 2 saturated heterocycles. The molecule has 1 aromatic rings. The number of hydrogen-bond acceptors (Lipinski definition) is 5. The van der Waals surface area contributed by atoms with Crippen LogP contribution in [0.15, 0.2) is 12.3 Å². The number of nitrogens with zero attached hydrogens (tertiary/aromatic N) is 4. The van der Waals surface area contributed by atoms with Gasteiger partial charge in [0.25, 0.3) is 0 Å². The predicted molar refractivity (Wildman–Crippen MR) is 110 cm³/mol. The highest BCUT2D eigenvalue weighted by Gasteiger charge is 2.34. The smallest absolute Gasteiger partial charge is 0.224 e. The number of carbonyl (C=O) groups excluding carboxylic acids is 2. The number of likely N-dealkylation sites (tertiary alicyclic amines) is 2. The van der Waals surface area contributed by atoms with Gasteiger partial charge >= 0.3 is 0 Å². The van der Waals surface area contributed by atoms with Crippen molar-refractivity contribution in [1.29, 1.82) is 0 Å². The lowest BCUT2D eigenvalue weighted by molar-refractivity contribution is -0.131. The highest BCUT2D eigenvalue weighted by Crippen LogP contribution is 2.25. The maximum absolute atomic E-state index is 12.6. The van der Waals surface area contributed by atoms with Gasteiger partial charge in [0.05, 0.1) is 5.60 Å². The van der Waals surface area contributed by atoms with Crippen LogP contribution in [0.5, 0.6) is 0 Å². The van der Waals surface area contributed by atoms with Crippen molar-refractivity contribution in [3.05, 3.63) is 18.0 Å². The molecule has 162 valence electrons. The molecule has 8 nitrogen and oxygen atoms in total. The van der Waals surface area contributed by atoms with Crippen LogP contribution in [0.1, 0.15) is 51.1 Å². The highest BCUT2D eigenvalue weighted by atomic mass is 16.3. The van der Waals surface area contributed by atoms with Crippen LogP contribution in [0.25, 0.3) is 0 Å².